The van der Waals surface area contributed by atoms with Crippen LogP contribution in [0.3, 0.4) is 0 Å². The number of hydrogen-bond acceptors (Lipinski definition) is 3. The predicted octanol–water partition coefficient (Wildman–Crippen LogP) is 1.12. The highest BCUT2D eigenvalue weighted by Crippen LogP contribution is 1.99. The van der Waals surface area contributed by atoms with Crippen molar-refractivity contribution in [1.29, 1.82) is 5.26 Å². The summed E-state index contributed by atoms with van der Waals surface area (Å²) in [5, 5.41) is 12.7. The van der Waals surface area contributed by atoms with Gasteiger partial charge in [-0.3, -0.25) is 4.68 Å². The standard InChI is InChI=1S/C10H16N4/c1-10(4-5-11)13(2)8-9-14-7-3-6-12-14/h3,6-7,10H,4,8-9H2,1-2H3. The minimum absolute atomic E-state index is 0.315. The first-order valence-corrected chi connectivity index (χ1v) is 4.78. The van der Waals surface area contributed by atoms with Crippen LogP contribution in [0, 0.1) is 11.3 Å². The zero-order valence-corrected chi connectivity index (χ0v) is 8.72. The summed E-state index contributed by atoms with van der Waals surface area (Å²) >= 11 is 0. The molecule has 76 valence electrons. The lowest BCUT2D eigenvalue weighted by molar-refractivity contribution is 0.247. The molecule has 0 fully saturated rings. The molecule has 0 aliphatic heterocycles. The van der Waals surface area contributed by atoms with Crippen LogP contribution in [0.5, 0.6) is 0 Å². The van der Waals surface area contributed by atoms with Crippen molar-refractivity contribution in [3.63, 3.8) is 0 Å². The molecule has 1 aromatic rings. The van der Waals surface area contributed by atoms with E-state index in [1.165, 1.54) is 0 Å². The average molecular weight is 192 g/mol. The second-order valence-electron chi connectivity index (χ2n) is 3.46. The third kappa shape index (κ3) is 3.19. The van der Waals surface area contributed by atoms with Crippen LogP contribution >= 0.6 is 0 Å². The third-order valence-electron chi connectivity index (χ3n) is 2.38. The maximum absolute atomic E-state index is 8.54. The SMILES string of the molecule is CC(CC#N)N(C)CCn1cccn1. The Kier molecular flexibility index (Phi) is 4.14. The zero-order chi connectivity index (χ0) is 10.4. The molecule has 0 aliphatic carbocycles. The monoisotopic (exact) mass is 192 g/mol. The van der Waals surface area contributed by atoms with E-state index in [0.717, 1.165) is 13.1 Å². The lowest BCUT2D eigenvalue weighted by Crippen LogP contribution is -2.31. The molecule has 1 aromatic heterocycles. The molecule has 1 rings (SSSR count). The van der Waals surface area contributed by atoms with Gasteiger partial charge in [-0.25, -0.2) is 0 Å². The van der Waals surface area contributed by atoms with E-state index >= 15 is 0 Å². The summed E-state index contributed by atoms with van der Waals surface area (Å²) in [6.45, 7) is 3.86. The van der Waals surface area contributed by atoms with Gasteiger partial charge in [0.25, 0.3) is 0 Å². The molecule has 1 heterocycles. The zero-order valence-electron chi connectivity index (χ0n) is 8.72. The van der Waals surface area contributed by atoms with Crippen LogP contribution in [0.25, 0.3) is 0 Å². The van der Waals surface area contributed by atoms with Crippen LogP contribution in [0.15, 0.2) is 18.5 Å². The molecule has 0 saturated carbocycles. The summed E-state index contributed by atoms with van der Waals surface area (Å²) in [5.41, 5.74) is 0. The van der Waals surface area contributed by atoms with Gasteiger partial charge in [0.15, 0.2) is 0 Å². The first kappa shape index (κ1) is 10.7. The predicted molar refractivity (Wildman–Crippen MR) is 54.5 cm³/mol. The third-order valence-corrected chi connectivity index (χ3v) is 2.38. The van der Waals surface area contributed by atoms with Crippen LogP contribution < -0.4 is 0 Å². The molecule has 1 unspecified atom stereocenters. The molecule has 0 aliphatic rings. The van der Waals surface area contributed by atoms with Gasteiger partial charge >= 0.3 is 0 Å². The fourth-order valence-corrected chi connectivity index (χ4v) is 1.20. The van der Waals surface area contributed by atoms with Gasteiger partial charge in [0, 0.05) is 25.0 Å². The van der Waals surface area contributed by atoms with E-state index in [1.807, 2.05) is 24.0 Å². The van der Waals surface area contributed by atoms with Gasteiger partial charge in [-0.2, -0.15) is 10.4 Å². The van der Waals surface area contributed by atoms with Crippen molar-refractivity contribution in [3.05, 3.63) is 18.5 Å². The van der Waals surface area contributed by atoms with Gasteiger partial charge in [-0.1, -0.05) is 0 Å². The molecular weight excluding hydrogens is 176 g/mol. The molecule has 0 N–H and O–H groups in total. The van der Waals surface area contributed by atoms with E-state index in [4.69, 9.17) is 5.26 Å². The van der Waals surface area contributed by atoms with E-state index in [9.17, 15) is 0 Å². The summed E-state index contributed by atoms with van der Waals surface area (Å²) in [4.78, 5) is 2.17. The lowest BCUT2D eigenvalue weighted by Gasteiger charge is -2.22. The van der Waals surface area contributed by atoms with E-state index in [2.05, 4.69) is 23.0 Å². The van der Waals surface area contributed by atoms with Crippen LogP contribution in [-0.2, 0) is 6.54 Å². The molecule has 0 aromatic carbocycles. The van der Waals surface area contributed by atoms with Gasteiger partial charge in [-0.15, -0.1) is 0 Å². The van der Waals surface area contributed by atoms with Gasteiger partial charge in [0.2, 0.25) is 0 Å². The van der Waals surface area contributed by atoms with E-state index in [0.29, 0.717) is 12.5 Å². The summed E-state index contributed by atoms with van der Waals surface area (Å²) < 4.78 is 1.90. The normalized spacial score (nSPS) is 12.7. The van der Waals surface area contributed by atoms with Crippen molar-refractivity contribution in [2.75, 3.05) is 13.6 Å². The Bertz CT molecular complexity index is 286. The molecule has 4 heteroatoms. The Morgan fingerprint density at radius 3 is 3.00 bits per heavy atom. The molecule has 14 heavy (non-hydrogen) atoms. The molecule has 4 nitrogen and oxygen atoms in total. The van der Waals surface area contributed by atoms with Crippen molar-refractivity contribution < 1.29 is 0 Å². The van der Waals surface area contributed by atoms with Crippen molar-refractivity contribution in [2.45, 2.75) is 25.9 Å². The highest BCUT2D eigenvalue weighted by atomic mass is 15.3. The smallest absolute Gasteiger partial charge is 0.0638 e. The minimum atomic E-state index is 0.315. The van der Waals surface area contributed by atoms with E-state index < -0.39 is 0 Å². The molecule has 0 bridgehead atoms. The van der Waals surface area contributed by atoms with E-state index in [-0.39, 0.29) is 0 Å². The topological polar surface area (TPSA) is 44.9 Å². The number of nitriles is 1. The number of rotatable bonds is 5. The molecular formula is C10H16N4. The Hall–Kier alpha value is -1.34. The number of hydrogen-bond donors (Lipinski definition) is 0. The van der Waals surface area contributed by atoms with Crippen LogP contribution in [0.1, 0.15) is 13.3 Å². The first-order valence-electron chi connectivity index (χ1n) is 4.78. The Morgan fingerprint density at radius 1 is 1.64 bits per heavy atom. The number of aromatic nitrogens is 2. The second kappa shape index (κ2) is 5.40. The fourth-order valence-electron chi connectivity index (χ4n) is 1.20. The van der Waals surface area contributed by atoms with Crippen molar-refractivity contribution in [2.24, 2.45) is 0 Å². The number of nitrogens with zero attached hydrogens (tertiary/aromatic N) is 4. The first-order chi connectivity index (χ1) is 6.74. The fraction of sp³-hybridized carbons (Fsp3) is 0.600. The molecule has 0 saturated heterocycles. The Morgan fingerprint density at radius 2 is 2.43 bits per heavy atom. The summed E-state index contributed by atoms with van der Waals surface area (Å²) in [6.07, 6.45) is 4.30. The Labute approximate surface area is 84.7 Å². The van der Waals surface area contributed by atoms with Crippen LogP contribution in [-0.4, -0.2) is 34.3 Å². The average Bonchev–Trinajstić information content (AvgIpc) is 2.67. The molecule has 0 spiro atoms. The maximum Gasteiger partial charge on any atom is 0.0638 e. The maximum atomic E-state index is 8.54. The summed E-state index contributed by atoms with van der Waals surface area (Å²) in [7, 11) is 2.03. The highest BCUT2D eigenvalue weighted by Gasteiger charge is 2.07. The molecule has 0 amide bonds. The van der Waals surface area contributed by atoms with Gasteiger partial charge < -0.3 is 4.90 Å². The van der Waals surface area contributed by atoms with Crippen molar-refractivity contribution >= 4 is 0 Å². The Balaban J connectivity index is 2.28. The van der Waals surface area contributed by atoms with Gasteiger partial charge in [0.1, 0.15) is 0 Å². The van der Waals surface area contributed by atoms with E-state index in [1.54, 1.807) is 6.20 Å². The molecule has 1 atom stereocenters. The summed E-state index contributed by atoms with van der Waals surface area (Å²) in [5.74, 6) is 0. The highest BCUT2D eigenvalue weighted by molar-refractivity contribution is 4.80. The van der Waals surface area contributed by atoms with Gasteiger partial charge in [0.05, 0.1) is 19.0 Å². The van der Waals surface area contributed by atoms with Crippen LogP contribution in [0.2, 0.25) is 0 Å². The number of likely N-dealkylation sites (N-methyl/N-ethyl adjacent to an activating group) is 1. The largest absolute Gasteiger partial charge is 0.301 e. The van der Waals surface area contributed by atoms with Crippen molar-refractivity contribution in [1.82, 2.24) is 14.7 Å². The second-order valence-corrected chi connectivity index (χ2v) is 3.46. The van der Waals surface area contributed by atoms with Crippen molar-refractivity contribution in [3.8, 4) is 6.07 Å². The minimum Gasteiger partial charge on any atom is -0.301 e. The van der Waals surface area contributed by atoms with Crippen LogP contribution in [0.4, 0.5) is 0 Å². The quantitative estimate of drug-likeness (QED) is 0.702. The summed E-state index contributed by atoms with van der Waals surface area (Å²) in [6, 6.07) is 4.41. The lowest BCUT2D eigenvalue weighted by atomic mass is 10.2. The van der Waals surface area contributed by atoms with Gasteiger partial charge in [-0.05, 0) is 20.0 Å². The molecule has 0 radical (unpaired) electrons.